The predicted octanol–water partition coefficient (Wildman–Crippen LogP) is 1.40. The molecule has 1 atom stereocenters. The molecule has 3 rings (SSSR count). The van der Waals surface area contributed by atoms with Crippen molar-refractivity contribution in [2.75, 3.05) is 13.1 Å². The summed E-state index contributed by atoms with van der Waals surface area (Å²) in [5.41, 5.74) is 8.15. The Hall–Kier alpha value is -1.79. The molecule has 1 unspecified atom stereocenters. The number of thiazole rings is 1. The number of nitrogens with zero attached hydrogens (tertiary/aromatic N) is 2. The van der Waals surface area contributed by atoms with Gasteiger partial charge in [0.15, 0.2) is 0 Å². The highest BCUT2D eigenvalue weighted by atomic mass is 32.1. The fraction of sp³-hybridized carbons (Fsp3) is 0.308. The van der Waals surface area contributed by atoms with E-state index in [-0.39, 0.29) is 0 Å². The number of rotatable bonds is 2. The quantitative estimate of drug-likeness (QED) is 0.868. The van der Waals surface area contributed by atoms with Crippen molar-refractivity contribution in [1.29, 1.82) is 0 Å². The molecule has 1 amide bonds. The second-order valence-electron chi connectivity index (χ2n) is 4.21. The second-order valence-corrected chi connectivity index (χ2v) is 4.93. The molecule has 1 aliphatic heterocycles. The summed E-state index contributed by atoms with van der Waals surface area (Å²) in [6, 6.07) is 4.16. The maximum absolute atomic E-state index is 10.2. The summed E-state index contributed by atoms with van der Waals surface area (Å²) in [5.74, 6) is 0.231. The average Bonchev–Trinajstić information content (AvgIpc) is 3.14. The summed E-state index contributed by atoms with van der Waals surface area (Å²) in [7, 11) is 0. The van der Waals surface area contributed by atoms with Crippen LogP contribution in [-0.2, 0) is 0 Å². The van der Waals surface area contributed by atoms with Crippen LogP contribution in [0.5, 0.6) is 0 Å². The monoisotopic (exact) mass is 276 g/mol. The van der Waals surface area contributed by atoms with E-state index in [2.05, 4.69) is 21.4 Å². The molecule has 0 aliphatic carbocycles. The van der Waals surface area contributed by atoms with Crippen LogP contribution in [0, 0.1) is 0 Å². The molecular formula is C13H16N4OS. The van der Waals surface area contributed by atoms with Gasteiger partial charge in [0.25, 0.3) is 5.91 Å². The van der Waals surface area contributed by atoms with Gasteiger partial charge in [-0.1, -0.05) is 6.07 Å². The number of hydrogen-bond donors (Lipinski definition) is 2. The van der Waals surface area contributed by atoms with Gasteiger partial charge in [0.05, 0.1) is 5.51 Å². The number of amides is 1. The zero-order valence-electron chi connectivity index (χ0n) is 10.5. The molecule has 2 aromatic rings. The van der Waals surface area contributed by atoms with Crippen molar-refractivity contribution < 1.29 is 4.79 Å². The Balaban J connectivity index is 0.000000148. The van der Waals surface area contributed by atoms with Crippen LogP contribution in [0.25, 0.3) is 0 Å². The van der Waals surface area contributed by atoms with E-state index in [4.69, 9.17) is 5.73 Å². The molecule has 3 heterocycles. The smallest absolute Gasteiger partial charge is 0.268 e. The molecule has 0 radical (unpaired) electrons. The minimum atomic E-state index is -0.466. The number of carbonyl (C=O) groups excluding carboxylic acids is 1. The Labute approximate surface area is 115 Å². The third-order valence-corrected chi connectivity index (χ3v) is 3.49. The van der Waals surface area contributed by atoms with Gasteiger partial charge in [-0.2, -0.15) is 0 Å². The van der Waals surface area contributed by atoms with Gasteiger partial charge in [-0.25, -0.2) is 4.98 Å². The third kappa shape index (κ3) is 4.11. The van der Waals surface area contributed by atoms with Crippen molar-refractivity contribution in [2.24, 2.45) is 5.73 Å². The summed E-state index contributed by atoms with van der Waals surface area (Å²) in [6.45, 7) is 2.27. The zero-order valence-corrected chi connectivity index (χ0v) is 11.3. The molecule has 6 heteroatoms. The first-order chi connectivity index (χ1) is 9.27. The van der Waals surface area contributed by atoms with Gasteiger partial charge in [-0.05, 0) is 30.5 Å². The molecule has 0 bridgehead atoms. The molecule has 1 fully saturated rings. The number of pyridine rings is 1. The highest BCUT2D eigenvalue weighted by Crippen LogP contribution is 2.20. The van der Waals surface area contributed by atoms with Crippen LogP contribution >= 0.6 is 11.3 Å². The summed E-state index contributed by atoms with van der Waals surface area (Å²) in [5, 5.41) is 4.96. The number of nitrogens with one attached hydrogen (secondary N) is 1. The van der Waals surface area contributed by atoms with Gasteiger partial charge in [0.1, 0.15) is 5.69 Å². The van der Waals surface area contributed by atoms with Crippen molar-refractivity contribution in [3.8, 4) is 0 Å². The second kappa shape index (κ2) is 6.96. The van der Waals surface area contributed by atoms with Crippen LogP contribution in [0.4, 0.5) is 0 Å². The number of carbonyl (C=O) groups is 1. The van der Waals surface area contributed by atoms with E-state index >= 15 is 0 Å². The zero-order chi connectivity index (χ0) is 13.5. The Bertz CT molecular complexity index is 495. The topological polar surface area (TPSA) is 80.9 Å². The van der Waals surface area contributed by atoms with E-state index in [1.807, 2.05) is 18.5 Å². The van der Waals surface area contributed by atoms with Gasteiger partial charge in [-0.15, -0.1) is 11.3 Å². The molecule has 100 valence electrons. The van der Waals surface area contributed by atoms with E-state index in [9.17, 15) is 4.79 Å². The fourth-order valence-electron chi connectivity index (χ4n) is 1.89. The minimum absolute atomic E-state index is 0.343. The standard InChI is InChI=1S/C9H12N2.C4H4N2OS/c1-2-8(6-10-4-1)9-3-5-11-7-9;5-4(7)3-1-8-2-6-3/h1-2,4,6,9,11H,3,5,7H2;1-2H,(H2,5,7). The van der Waals surface area contributed by atoms with E-state index < -0.39 is 5.91 Å². The first-order valence-corrected chi connectivity index (χ1v) is 7.00. The van der Waals surface area contributed by atoms with Gasteiger partial charge in [-0.3, -0.25) is 9.78 Å². The average molecular weight is 276 g/mol. The van der Waals surface area contributed by atoms with Crippen molar-refractivity contribution >= 4 is 17.2 Å². The normalized spacial score (nSPS) is 17.6. The lowest BCUT2D eigenvalue weighted by Crippen LogP contribution is -2.10. The maximum atomic E-state index is 10.2. The summed E-state index contributed by atoms with van der Waals surface area (Å²) >= 11 is 1.36. The van der Waals surface area contributed by atoms with Gasteiger partial charge in [0, 0.05) is 24.3 Å². The Morgan fingerprint density at radius 2 is 2.42 bits per heavy atom. The molecule has 19 heavy (non-hydrogen) atoms. The summed E-state index contributed by atoms with van der Waals surface area (Å²) < 4.78 is 0. The Kier molecular flexibility index (Phi) is 5.00. The maximum Gasteiger partial charge on any atom is 0.268 e. The summed E-state index contributed by atoms with van der Waals surface area (Å²) in [4.78, 5) is 18.0. The molecule has 2 aromatic heterocycles. The highest BCUT2D eigenvalue weighted by molar-refractivity contribution is 7.07. The number of nitrogens with two attached hydrogens (primary N) is 1. The van der Waals surface area contributed by atoms with Gasteiger partial charge >= 0.3 is 0 Å². The van der Waals surface area contributed by atoms with Gasteiger partial charge < -0.3 is 11.1 Å². The van der Waals surface area contributed by atoms with Crippen LogP contribution in [0.3, 0.4) is 0 Å². The molecule has 1 aliphatic rings. The molecule has 5 nitrogen and oxygen atoms in total. The first-order valence-electron chi connectivity index (χ1n) is 6.06. The van der Waals surface area contributed by atoms with Crippen LogP contribution < -0.4 is 11.1 Å². The summed E-state index contributed by atoms with van der Waals surface area (Å²) in [6.07, 6.45) is 5.05. The van der Waals surface area contributed by atoms with Crippen molar-refractivity contribution in [3.05, 3.63) is 46.7 Å². The molecule has 0 aromatic carbocycles. The van der Waals surface area contributed by atoms with E-state index in [1.54, 1.807) is 10.9 Å². The van der Waals surface area contributed by atoms with Crippen molar-refractivity contribution in [1.82, 2.24) is 15.3 Å². The van der Waals surface area contributed by atoms with Crippen LogP contribution in [0.15, 0.2) is 35.4 Å². The van der Waals surface area contributed by atoms with Crippen molar-refractivity contribution in [3.63, 3.8) is 0 Å². The molecular weight excluding hydrogens is 260 g/mol. The van der Waals surface area contributed by atoms with Gasteiger partial charge in [0.2, 0.25) is 0 Å². The number of hydrogen-bond acceptors (Lipinski definition) is 5. The third-order valence-electron chi connectivity index (χ3n) is 2.90. The Morgan fingerprint density at radius 1 is 1.53 bits per heavy atom. The highest BCUT2D eigenvalue weighted by Gasteiger charge is 2.15. The van der Waals surface area contributed by atoms with E-state index in [0.717, 1.165) is 13.1 Å². The lowest BCUT2D eigenvalue weighted by atomic mass is 10.0. The molecule has 3 N–H and O–H groups in total. The van der Waals surface area contributed by atoms with Crippen LogP contribution in [-0.4, -0.2) is 29.0 Å². The Morgan fingerprint density at radius 3 is 2.89 bits per heavy atom. The minimum Gasteiger partial charge on any atom is -0.364 e. The lowest BCUT2D eigenvalue weighted by molar-refractivity contribution is 0.0996. The predicted molar refractivity (Wildman–Crippen MR) is 75.1 cm³/mol. The van der Waals surface area contributed by atoms with Crippen LogP contribution in [0.2, 0.25) is 0 Å². The number of primary amides is 1. The lowest BCUT2D eigenvalue weighted by Gasteiger charge is -2.05. The molecule has 0 saturated carbocycles. The largest absolute Gasteiger partial charge is 0.364 e. The first kappa shape index (κ1) is 13.6. The van der Waals surface area contributed by atoms with E-state index in [1.165, 1.54) is 23.3 Å². The van der Waals surface area contributed by atoms with Crippen molar-refractivity contribution in [2.45, 2.75) is 12.3 Å². The molecule has 1 saturated heterocycles. The van der Waals surface area contributed by atoms with E-state index in [0.29, 0.717) is 11.6 Å². The number of aromatic nitrogens is 2. The fourth-order valence-corrected chi connectivity index (χ4v) is 2.43. The SMILES string of the molecule is NC(=O)c1cscn1.c1cncc(C2CCNC2)c1. The molecule has 0 spiro atoms. The van der Waals surface area contributed by atoms with Crippen LogP contribution in [0.1, 0.15) is 28.4 Å².